The van der Waals surface area contributed by atoms with E-state index in [0.29, 0.717) is 5.56 Å². The van der Waals surface area contributed by atoms with Crippen molar-refractivity contribution in [2.75, 3.05) is 5.75 Å². The summed E-state index contributed by atoms with van der Waals surface area (Å²) in [6.07, 6.45) is -4.38. The standard InChI is InChI=1S/C10H8ClF3O2S/c11-8(7-4-2-1-3-5-7)9(15)16-17-6-10(12,13)14/h1-5,8H,6H2. The molecule has 0 fully saturated rings. The van der Waals surface area contributed by atoms with E-state index in [1.165, 1.54) is 0 Å². The van der Waals surface area contributed by atoms with Gasteiger partial charge in [0.1, 0.15) is 5.75 Å². The lowest BCUT2D eigenvalue weighted by molar-refractivity contribution is -0.133. The Labute approximate surface area is 105 Å². The molecule has 1 atom stereocenters. The zero-order valence-electron chi connectivity index (χ0n) is 8.41. The van der Waals surface area contributed by atoms with Gasteiger partial charge < -0.3 is 4.18 Å². The summed E-state index contributed by atoms with van der Waals surface area (Å²) in [5.41, 5.74) is 0.478. The van der Waals surface area contributed by atoms with Crippen LogP contribution in [0.4, 0.5) is 13.2 Å². The fourth-order valence-electron chi connectivity index (χ4n) is 0.955. The summed E-state index contributed by atoms with van der Waals surface area (Å²) in [5.74, 6) is -2.16. The Kier molecular flexibility index (Phi) is 5.14. The first-order valence-corrected chi connectivity index (χ1v) is 5.84. The molecule has 1 rings (SSSR count). The number of benzene rings is 1. The molecule has 0 aliphatic rings. The molecule has 94 valence electrons. The number of carbonyl (C=O) groups excluding carboxylic acids is 1. The number of carbonyl (C=O) groups is 1. The molecule has 0 saturated carbocycles. The molecule has 0 N–H and O–H groups in total. The summed E-state index contributed by atoms with van der Waals surface area (Å²) in [6, 6.07) is 8.25. The van der Waals surface area contributed by atoms with Crippen molar-refractivity contribution in [1.82, 2.24) is 0 Å². The van der Waals surface area contributed by atoms with Gasteiger partial charge in [-0.15, -0.1) is 11.6 Å². The highest BCUT2D eigenvalue weighted by atomic mass is 35.5. The van der Waals surface area contributed by atoms with Crippen LogP contribution in [0.3, 0.4) is 0 Å². The maximum absolute atomic E-state index is 11.8. The van der Waals surface area contributed by atoms with Crippen LogP contribution in [0, 0.1) is 0 Å². The minimum atomic E-state index is -4.38. The molecule has 0 bridgehead atoms. The summed E-state index contributed by atoms with van der Waals surface area (Å²) in [6.45, 7) is 0. The Hall–Kier alpha value is -0.880. The van der Waals surface area contributed by atoms with E-state index in [1.54, 1.807) is 30.3 Å². The number of hydrogen-bond acceptors (Lipinski definition) is 3. The van der Waals surface area contributed by atoms with Crippen molar-refractivity contribution in [2.45, 2.75) is 11.6 Å². The number of halogens is 4. The lowest BCUT2D eigenvalue weighted by atomic mass is 10.1. The van der Waals surface area contributed by atoms with Crippen LogP contribution in [-0.4, -0.2) is 17.9 Å². The third kappa shape index (κ3) is 5.32. The Balaban J connectivity index is 2.43. The second kappa shape index (κ2) is 6.16. The van der Waals surface area contributed by atoms with Gasteiger partial charge in [0.05, 0.1) is 12.0 Å². The maximum atomic E-state index is 11.8. The summed E-state index contributed by atoms with van der Waals surface area (Å²) in [4.78, 5) is 11.3. The fraction of sp³-hybridized carbons (Fsp3) is 0.300. The number of rotatable bonds is 4. The summed E-state index contributed by atoms with van der Waals surface area (Å²) in [7, 11) is 0. The summed E-state index contributed by atoms with van der Waals surface area (Å²) < 4.78 is 39.7. The average Bonchev–Trinajstić information content (AvgIpc) is 2.27. The van der Waals surface area contributed by atoms with E-state index < -0.39 is 23.3 Å². The average molecular weight is 285 g/mol. The van der Waals surface area contributed by atoms with Gasteiger partial charge in [-0.25, -0.2) is 4.79 Å². The molecule has 0 aliphatic carbocycles. The SMILES string of the molecule is O=C(OSCC(F)(F)F)C(Cl)c1ccccc1. The second-order valence-corrected chi connectivity index (χ2v) is 4.18. The lowest BCUT2D eigenvalue weighted by Crippen LogP contribution is -2.14. The first kappa shape index (κ1) is 14.2. The van der Waals surface area contributed by atoms with Crippen molar-refractivity contribution in [3.63, 3.8) is 0 Å². The lowest BCUT2D eigenvalue weighted by Gasteiger charge is -2.09. The van der Waals surface area contributed by atoms with Crippen LogP contribution in [0.25, 0.3) is 0 Å². The molecule has 0 spiro atoms. The van der Waals surface area contributed by atoms with E-state index in [4.69, 9.17) is 11.6 Å². The first-order valence-electron chi connectivity index (χ1n) is 4.49. The molecule has 7 heteroatoms. The molecule has 0 aromatic heterocycles. The molecule has 2 nitrogen and oxygen atoms in total. The molecule has 0 saturated heterocycles. The van der Waals surface area contributed by atoms with Gasteiger partial charge >= 0.3 is 12.1 Å². The van der Waals surface area contributed by atoms with Crippen LogP contribution < -0.4 is 0 Å². The number of alkyl halides is 4. The molecule has 1 unspecified atom stereocenters. The summed E-state index contributed by atoms with van der Waals surface area (Å²) >= 11 is 5.77. The van der Waals surface area contributed by atoms with E-state index in [0.717, 1.165) is 0 Å². The molecule has 1 aromatic rings. The Morgan fingerprint density at radius 1 is 1.35 bits per heavy atom. The topological polar surface area (TPSA) is 26.3 Å². The van der Waals surface area contributed by atoms with Crippen LogP contribution in [0.2, 0.25) is 0 Å². The van der Waals surface area contributed by atoms with E-state index in [-0.39, 0.29) is 12.0 Å². The highest BCUT2D eigenvalue weighted by Gasteiger charge is 2.29. The highest BCUT2D eigenvalue weighted by Crippen LogP contribution is 2.26. The molecule has 0 heterocycles. The van der Waals surface area contributed by atoms with Crippen LogP contribution >= 0.6 is 23.6 Å². The third-order valence-electron chi connectivity index (χ3n) is 1.66. The zero-order chi connectivity index (χ0) is 12.9. The van der Waals surface area contributed by atoms with Crippen molar-refractivity contribution in [2.24, 2.45) is 0 Å². The monoisotopic (exact) mass is 284 g/mol. The van der Waals surface area contributed by atoms with E-state index in [2.05, 4.69) is 4.18 Å². The third-order valence-corrected chi connectivity index (χ3v) is 2.82. The smallest absolute Gasteiger partial charge is 0.390 e. The largest absolute Gasteiger partial charge is 0.401 e. The fourth-order valence-corrected chi connectivity index (χ4v) is 1.60. The Bertz CT molecular complexity index is 370. The molecule has 0 radical (unpaired) electrons. The quantitative estimate of drug-likeness (QED) is 0.623. The first-order chi connectivity index (χ1) is 7.90. The van der Waals surface area contributed by atoms with Gasteiger partial charge in [0, 0.05) is 0 Å². The van der Waals surface area contributed by atoms with Crippen molar-refractivity contribution in [3.05, 3.63) is 35.9 Å². The van der Waals surface area contributed by atoms with E-state index in [1.807, 2.05) is 0 Å². The molecule has 0 amide bonds. The van der Waals surface area contributed by atoms with Gasteiger partial charge in [-0.05, 0) is 5.56 Å². The van der Waals surface area contributed by atoms with Gasteiger partial charge in [-0.3, -0.25) is 0 Å². The van der Waals surface area contributed by atoms with Gasteiger partial charge in [0.2, 0.25) is 0 Å². The molecule has 1 aromatic carbocycles. The summed E-state index contributed by atoms with van der Waals surface area (Å²) in [5, 5.41) is -1.10. The van der Waals surface area contributed by atoms with Crippen molar-refractivity contribution < 1.29 is 22.1 Å². The van der Waals surface area contributed by atoms with Gasteiger partial charge in [-0.1, -0.05) is 30.3 Å². The van der Waals surface area contributed by atoms with Gasteiger partial charge in [-0.2, -0.15) is 13.2 Å². The van der Waals surface area contributed by atoms with Crippen LogP contribution in [0.5, 0.6) is 0 Å². The van der Waals surface area contributed by atoms with Crippen molar-refractivity contribution in [3.8, 4) is 0 Å². The second-order valence-electron chi connectivity index (χ2n) is 3.05. The van der Waals surface area contributed by atoms with Crippen LogP contribution in [0.15, 0.2) is 30.3 Å². The van der Waals surface area contributed by atoms with Crippen molar-refractivity contribution >= 4 is 29.6 Å². The van der Waals surface area contributed by atoms with Gasteiger partial charge in [0.25, 0.3) is 0 Å². The Morgan fingerprint density at radius 2 is 1.94 bits per heavy atom. The van der Waals surface area contributed by atoms with E-state index in [9.17, 15) is 18.0 Å². The maximum Gasteiger partial charge on any atom is 0.401 e. The zero-order valence-corrected chi connectivity index (χ0v) is 9.98. The predicted octanol–water partition coefficient (Wildman–Crippen LogP) is 3.72. The molecular formula is C10H8ClF3O2S. The van der Waals surface area contributed by atoms with Crippen LogP contribution in [-0.2, 0) is 8.98 Å². The van der Waals surface area contributed by atoms with Crippen molar-refractivity contribution in [1.29, 1.82) is 0 Å². The predicted molar refractivity (Wildman–Crippen MR) is 59.6 cm³/mol. The molecular weight excluding hydrogens is 277 g/mol. The van der Waals surface area contributed by atoms with Gasteiger partial charge in [0.15, 0.2) is 5.38 Å². The minimum absolute atomic E-state index is 0.0323. The minimum Gasteiger partial charge on any atom is -0.390 e. The molecule has 0 aliphatic heterocycles. The number of hydrogen-bond donors (Lipinski definition) is 0. The highest BCUT2D eigenvalue weighted by molar-refractivity contribution is 7.95. The Morgan fingerprint density at radius 3 is 2.47 bits per heavy atom. The molecule has 17 heavy (non-hydrogen) atoms. The normalized spacial score (nSPS) is 13.2. The van der Waals surface area contributed by atoms with Crippen LogP contribution in [0.1, 0.15) is 10.9 Å². The van der Waals surface area contributed by atoms with E-state index >= 15 is 0 Å².